The predicted molar refractivity (Wildman–Crippen MR) is 147 cm³/mol. The first-order chi connectivity index (χ1) is 16.7. The third-order valence-corrected chi connectivity index (χ3v) is 6.59. The fraction of sp³-hybridized carbons (Fsp3) is 0.931. The second-order valence-electron chi connectivity index (χ2n) is 10.0. The Hall–Kier alpha value is -1.10. The first kappa shape index (κ1) is 32.9. The molecule has 0 aliphatic heterocycles. The molecule has 0 unspecified atom stereocenters. The summed E-state index contributed by atoms with van der Waals surface area (Å²) in [6.45, 7) is 4.96. The topological polar surface area (TPSA) is 70.2 Å². The van der Waals surface area contributed by atoms with E-state index in [1.807, 2.05) is 7.05 Å². The minimum Gasteiger partial charge on any atom is -0.356 e. The largest absolute Gasteiger partial charge is 0.356 e. The smallest absolute Gasteiger partial charge is 0.219 e. The average Bonchev–Trinajstić information content (AvgIpc) is 2.83. The number of hydrogen-bond donors (Lipinski definition) is 3. The van der Waals surface area contributed by atoms with Crippen LogP contribution < -0.4 is 16.0 Å². The number of unbranched alkanes of at least 4 members (excludes halogenated alkanes) is 17. The van der Waals surface area contributed by atoms with E-state index >= 15 is 0 Å². The molecule has 202 valence electrons. The molecule has 0 bridgehead atoms. The van der Waals surface area contributed by atoms with E-state index in [1.165, 1.54) is 96.3 Å². The number of carbonyl (C=O) groups excluding carboxylic acids is 2. The predicted octanol–water partition coefficient (Wildman–Crippen LogP) is 7.04. The number of hydrogen-bond acceptors (Lipinski definition) is 3. The second-order valence-corrected chi connectivity index (χ2v) is 10.0. The van der Waals surface area contributed by atoms with Crippen LogP contribution in [0.15, 0.2) is 0 Å². The minimum atomic E-state index is 0.220. The summed E-state index contributed by atoms with van der Waals surface area (Å²) in [5.74, 6) is 0.460. The van der Waals surface area contributed by atoms with Gasteiger partial charge in [-0.15, -0.1) is 0 Å². The lowest BCUT2D eigenvalue weighted by molar-refractivity contribution is -0.122. The highest BCUT2D eigenvalue weighted by atomic mass is 16.2. The van der Waals surface area contributed by atoms with Crippen molar-refractivity contribution in [2.45, 2.75) is 148 Å². The highest BCUT2D eigenvalue weighted by Crippen LogP contribution is 2.12. The monoisotopic (exact) mass is 481 g/mol. The Labute approximate surface area is 212 Å². The van der Waals surface area contributed by atoms with Crippen LogP contribution in [0.2, 0.25) is 0 Å². The average molecular weight is 482 g/mol. The van der Waals surface area contributed by atoms with E-state index in [2.05, 4.69) is 22.9 Å². The summed E-state index contributed by atoms with van der Waals surface area (Å²) in [6, 6.07) is 0. The molecule has 0 fully saturated rings. The maximum atomic E-state index is 11.9. The van der Waals surface area contributed by atoms with E-state index in [-0.39, 0.29) is 11.8 Å². The molecule has 5 heteroatoms. The lowest BCUT2D eigenvalue weighted by Crippen LogP contribution is -2.23. The van der Waals surface area contributed by atoms with Crippen molar-refractivity contribution >= 4 is 11.8 Å². The van der Waals surface area contributed by atoms with E-state index in [9.17, 15) is 9.59 Å². The summed E-state index contributed by atoms with van der Waals surface area (Å²) in [5, 5.41) is 9.28. The third kappa shape index (κ3) is 27.1. The highest BCUT2D eigenvalue weighted by molar-refractivity contribution is 5.76. The Morgan fingerprint density at radius 3 is 1.15 bits per heavy atom. The fourth-order valence-corrected chi connectivity index (χ4v) is 4.28. The van der Waals surface area contributed by atoms with E-state index in [1.54, 1.807) is 0 Å². The van der Waals surface area contributed by atoms with Crippen molar-refractivity contribution in [2.75, 3.05) is 26.7 Å². The van der Waals surface area contributed by atoms with Gasteiger partial charge in [0.1, 0.15) is 0 Å². The van der Waals surface area contributed by atoms with Gasteiger partial charge >= 0.3 is 0 Å². The van der Waals surface area contributed by atoms with Crippen molar-refractivity contribution in [1.82, 2.24) is 16.0 Å². The van der Waals surface area contributed by atoms with Gasteiger partial charge < -0.3 is 16.0 Å². The Bertz CT molecular complexity index is 443. The molecule has 3 N–H and O–H groups in total. The van der Waals surface area contributed by atoms with E-state index in [0.717, 1.165) is 51.7 Å². The Balaban J connectivity index is 3.20. The standard InChI is InChI=1S/C29H59N3O2/c1-3-4-26-31-28(33)23-19-15-12-8-6-10-14-18-22-27-32-29(34)24-20-16-11-7-5-9-13-17-21-25-30-2/h30H,3-27H2,1-2H3,(H,31,33)(H,32,34). The molecule has 2 amide bonds. The summed E-state index contributed by atoms with van der Waals surface area (Å²) in [6.07, 6.45) is 26.1. The molecule has 0 atom stereocenters. The van der Waals surface area contributed by atoms with E-state index in [0.29, 0.717) is 12.8 Å². The Kier molecular flexibility index (Phi) is 27.2. The summed E-state index contributed by atoms with van der Waals surface area (Å²) < 4.78 is 0. The van der Waals surface area contributed by atoms with Crippen molar-refractivity contribution in [1.29, 1.82) is 0 Å². The van der Waals surface area contributed by atoms with Crippen molar-refractivity contribution < 1.29 is 9.59 Å². The lowest BCUT2D eigenvalue weighted by atomic mass is 10.1. The van der Waals surface area contributed by atoms with E-state index < -0.39 is 0 Å². The molecule has 5 nitrogen and oxygen atoms in total. The molecule has 0 saturated heterocycles. The maximum Gasteiger partial charge on any atom is 0.219 e. The molecule has 0 radical (unpaired) electrons. The normalized spacial score (nSPS) is 11.0. The van der Waals surface area contributed by atoms with Gasteiger partial charge in [-0.2, -0.15) is 0 Å². The molecule has 0 aromatic heterocycles. The van der Waals surface area contributed by atoms with Crippen LogP contribution in [-0.4, -0.2) is 38.5 Å². The number of amides is 2. The molecule has 0 aromatic rings. The first-order valence-corrected chi connectivity index (χ1v) is 14.9. The number of carbonyl (C=O) groups is 2. The zero-order valence-electron chi connectivity index (χ0n) is 23.0. The van der Waals surface area contributed by atoms with Gasteiger partial charge in [0, 0.05) is 25.9 Å². The van der Waals surface area contributed by atoms with Gasteiger partial charge in [-0.05, 0) is 45.7 Å². The third-order valence-electron chi connectivity index (χ3n) is 6.59. The van der Waals surface area contributed by atoms with Gasteiger partial charge in [0.15, 0.2) is 0 Å². The van der Waals surface area contributed by atoms with Crippen LogP contribution in [0.5, 0.6) is 0 Å². The molecular weight excluding hydrogens is 422 g/mol. The molecule has 0 heterocycles. The molecular formula is C29H59N3O2. The zero-order chi connectivity index (χ0) is 25.0. The summed E-state index contributed by atoms with van der Waals surface area (Å²) in [5.41, 5.74) is 0. The summed E-state index contributed by atoms with van der Waals surface area (Å²) in [4.78, 5) is 23.6. The van der Waals surface area contributed by atoms with Crippen LogP contribution in [0, 0.1) is 0 Å². The molecule has 34 heavy (non-hydrogen) atoms. The Morgan fingerprint density at radius 2 is 0.765 bits per heavy atom. The highest BCUT2D eigenvalue weighted by Gasteiger charge is 2.02. The van der Waals surface area contributed by atoms with Crippen LogP contribution in [0.3, 0.4) is 0 Å². The van der Waals surface area contributed by atoms with Crippen LogP contribution >= 0.6 is 0 Å². The second kappa shape index (κ2) is 28.1. The summed E-state index contributed by atoms with van der Waals surface area (Å²) in [7, 11) is 2.02. The van der Waals surface area contributed by atoms with Gasteiger partial charge in [-0.3, -0.25) is 9.59 Å². The molecule has 0 saturated carbocycles. The van der Waals surface area contributed by atoms with Crippen molar-refractivity contribution in [3.05, 3.63) is 0 Å². The van der Waals surface area contributed by atoms with Crippen molar-refractivity contribution in [3.63, 3.8) is 0 Å². The minimum absolute atomic E-state index is 0.220. The van der Waals surface area contributed by atoms with Crippen molar-refractivity contribution in [3.8, 4) is 0 Å². The maximum absolute atomic E-state index is 11.9. The van der Waals surface area contributed by atoms with Gasteiger partial charge in [-0.25, -0.2) is 0 Å². The van der Waals surface area contributed by atoms with Gasteiger partial charge in [0.2, 0.25) is 11.8 Å². The molecule has 0 aliphatic carbocycles. The van der Waals surface area contributed by atoms with Crippen LogP contribution in [0.1, 0.15) is 148 Å². The van der Waals surface area contributed by atoms with Crippen LogP contribution in [0.4, 0.5) is 0 Å². The van der Waals surface area contributed by atoms with Crippen molar-refractivity contribution in [2.24, 2.45) is 0 Å². The molecule has 0 spiro atoms. The Morgan fingerprint density at radius 1 is 0.441 bits per heavy atom. The van der Waals surface area contributed by atoms with Gasteiger partial charge in [-0.1, -0.05) is 103 Å². The van der Waals surface area contributed by atoms with Gasteiger partial charge in [0.05, 0.1) is 0 Å². The summed E-state index contributed by atoms with van der Waals surface area (Å²) >= 11 is 0. The molecule has 0 aromatic carbocycles. The zero-order valence-corrected chi connectivity index (χ0v) is 23.0. The SMILES string of the molecule is CCCCNC(=O)CCCCCCCCCCCNC(=O)CCCCCCCCCCCNC. The van der Waals surface area contributed by atoms with Crippen LogP contribution in [0.25, 0.3) is 0 Å². The van der Waals surface area contributed by atoms with E-state index in [4.69, 9.17) is 0 Å². The first-order valence-electron chi connectivity index (χ1n) is 14.9. The van der Waals surface area contributed by atoms with Crippen LogP contribution in [-0.2, 0) is 9.59 Å². The quantitative estimate of drug-likeness (QED) is 0.110. The fourth-order valence-electron chi connectivity index (χ4n) is 4.28. The van der Waals surface area contributed by atoms with Gasteiger partial charge in [0.25, 0.3) is 0 Å². The number of nitrogens with one attached hydrogen (secondary N) is 3. The molecule has 0 rings (SSSR count). The molecule has 0 aliphatic rings. The lowest BCUT2D eigenvalue weighted by Gasteiger charge is -2.06. The number of rotatable bonds is 27.